The van der Waals surface area contributed by atoms with E-state index in [1.807, 2.05) is 6.92 Å². The molecule has 1 amide bonds. The molecule has 128 valence electrons. The normalized spacial score (nSPS) is 10.8. The zero-order chi connectivity index (χ0) is 18.0. The van der Waals surface area contributed by atoms with Crippen LogP contribution in [0, 0.1) is 0 Å². The predicted octanol–water partition coefficient (Wildman–Crippen LogP) is 2.48. The van der Waals surface area contributed by atoms with Gasteiger partial charge in [0.1, 0.15) is 6.54 Å². The highest BCUT2D eigenvalue weighted by Crippen LogP contribution is 2.14. The molecule has 0 aliphatic carbocycles. The van der Waals surface area contributed by atoms with Crippen molar-refractivity contribution in [3.63, 3.8) is 0 Å². The van der Waals surface area contributed by atoms with Gasteiger partial charge in [0, 0.05) is 17.3 Å². The molecule has 2 aromatic carbocycles. The topological polar surface area (TPSA) is 73.1 Å². The van der Waals surface area contributed by atoms with Crippen molar-refractivity contribution in [1.29, 1.82) is 0 Å². The molecule has 1 heterocycles. The average Bonchev–Trinajstić information content (AvgIpc) is 2.59. The number of carbonyl (C=O) groups excluding carboxylic acids is 1. The summed E-state index contributed by atoms with van der Waals surface area (Å²) in [7, 11) is 0. The first-order chi connectivity index (χ1) is 12.0. The molecular formula is C18H16ClN3O3. The fourth-order valence-electron chi connectivity index (χ4n) is 2.73. The number of nitrogens with one attached hydrogen (secondary N) is 1. The minimum absolute atomic E-state index is 0.366. The van der Waals surface area contributed by atoms with Crippen molar-refractivity contribution in [3.8, 4) is 0 Å². The highest BCUT2D eigenvalue weighted by Gasteiger charge is 2.14. The van der Waals surface area contributed by atoms with Crippen LogP contribution in [0.5, 0.6) is 0 Å². The molecule has 0 saturated heterocycles. The van der Waals surface area contributed by atoms with Crippen molar-refractivity contribution < 1.29 is 4.79 Å². The molecule has 0 radical (unpaired) electrons. The number of rotatable bonds is 4. The standard InChI is InChI=1S/C18H16ClN3O3/c1-2-21-15-9-4-3-8-14(15)17(24)22(18(21)25)11-16(23)20-13-7-5-6-12(19)10-13/h3-10H,2,11H2,1H3,(H,20,23). The largest absolute Gasteiger partial charge is 0.331 e. The van der Waals surface area contributed by atoms with E-state index in [-0.39, 0.29) is 6.54 Å². The van der Waals surface area contributed by atoms with E-state index < -0.39 is 17.2 Å². The minimum Gasteiger partial charge on any atom is -0.324 e. The third kappa shape index (κ3) is 3.34. The van der Waals surface area contributed by atoms with Crippen LogP contribution in [0.15, 0.2) is 58.1 Å². The van der Waals surface area contributed by atoms with Crippen LogP contribution in [-0.4, -0.2) is 15.0 Å². The van der Waals surface area contributed by atoms with E-state index in [9.17, 15) is 14.4 Å². The number of para-hydroxylation sites is 1. The summed E-state index contributed by atoms with van der Waals surface area (Å²) >= 11 is 5.88. The van der Waals surface area contributed by atoms with Crippen LogP contribution in [-0.2, 0) is 17.9 Å². The second-order valence-electron chi connectivity index (χ2n) is 5.49. The van der Waals surface area contributed by atoms with E-state index >= 15 is 0 Å². The molecule has 0 aliphatic rings. The van der Waals surface area contributed by atoms with E-state index in [0.717, 1.165) is 4.57 Å². The molecule has 0 bridgehead atoms. The van der Waals surface area contributed by atoms with Crippen molar-refractivity contribution in [2.75, 3.05) is 5.32 Å². The van der Waals surface area contributed by atoms with Gasteiger partial charge in [0.25, 0.3) is 5.56 Å². The van der Waals surface area contributed by atoms with Crippen molar-refractivity contribution >= 4 is 34.1 Å². The van der Waals surface area contributed by atoms with Crippen LogP contribution < -0.4 is 16.6 Å². The van der Waals surface area contributed by atoms with Gasteiger partial charge in [-0.05, 0) is 37.3 Å². The molecule has 6 nitrogen and oxygen atoms in total. The minimum atomic E-state index is -0.507. The van der Waals surface area contributed by atoms with Gasteiger partial charge >= 0.3 is 5.69 Å². The summed E-state index contributed by atoms with van der Waals surface area (Å²) in [4.78, 5) is 37.5. The number of hydrogen-bond acceptors (Lipinski definition) is 3. The summed E-state index contributed by atoms with van der Waals surface area (Å²) in [6, 6.07) is 13.5. The molecule has 0 saturated carbocycles. The number of hydrogen-bond donors (Lipinski definition) is 1. The monoisotopic (exact) mass is 357 g/mol. The van der Waals surface area contributed by atoms with Crippen LogP contribution in [0.3, 0.4) is 0 Å². The van der Waals surface area contributed by atoms with Gasteiger partial charge in [-0.2, -0.15) is 0 Å². The molecule has 0 fully saturated rings. The Labute approximate surface area is 148 Å². The van der Waals surface area contributed by atoms with Crippen molar-refractivity contribution in [2.45, 2.75) is 20.0 Å². The van der Waals surface area contributed by atoms with Gasteiger partial charge < -0.3 is 5.32 Å². The molecule has 3 rings (SSSR count). The van der Waals surface area contributed by atoms with E-state index in [1.165, 1.54) is 4.57 Å². The van der Waals surface area contributed by atoms with E-state index in [4.69, 9.17) is 11.6 Å². The Hall–Kier alpha value is -2.86. The number of nitrogens with zero attached hydrogens (tertiary/aromatic N) is 2. The Morgan fingerprint density at radius 2 is 1.84 bits per heavy atom. The van der Waals surface area contributed by atoms with Gasteiger partial charge in [-0.3, -0.25) is 18.7 Å². The van der Waals surface area contributed by atoms with Gasteiger partial charge in [0.05, 0.1) is 10.9 Å². The first-order valence-electron chi connectivity index (χ1n) is 7.79. The number of benzene rings is 2. The quantitative estimate of drug-likeness (QED) is 0.779. The molecule has 0 aliphatic heterocycles. The van der Waals surface area contributed by atoms with Gasteiger partial charge in [0.2, 0.25) is 5.91 Å². The summed E-state index contributed by atoms with van der Waals surface area (Å²) < 4.78 is 2.43. The van der Waals surface area contributed by atoms with Crippen LogP contribution in [0.4, 0.5) is 5.69 Å². The lowest BCUT2D eigenvalue weighted by Crippen LogP contribution is -2.42. The third-order valence-electron chi connectivity index (χ3n) is 3.86. The maximum atomic E-state index is 12.6. The van der Waals surface area contributed by atoms with Crippen molar-refractivity contribution in [2.24, 2.45) is 0 Å². The van der Waals surface area contributed by atoms with Crippen LogP contribution >= 0.6 is 11.6 Å². The van der Waals surface area contributed by atoms with Gasteiger partial charge in [-0.25, -0.2) is 4.79 Å². The second-order valence-corrected chi connectivity index (χ2v) is 5.93. The second kappa shape index (κ2) is 6.94. The average molecular weight is 358 g/mol. The fraction of sp³-hybridized carbons (Fsp3) is 0.167. The molecule has 0 unspecified atom stereocenters. The molecule has 25 heavy (non-hydrogen) atoms. The molecule has 7 heteroatoms. The highest BCUT2D eigenvalue weighted by atomic mass is 35.5. The Bertz CT molecular complexity index is 1070. The maximum Gasteiger partial charge on any atom is 0.331 e. The number of anilines is 1. The Balaban J connectivity index is 2.00. The number of halogens is 1. The highest BCUT2D eigenvalue weighted by molar-refractivity contribution is 6.30. The Morgan fingerprint density at radius 1 is 1.08 bits per heavy atom. The van der Waals surface area contributed by atoms with Crippen LogP contribution in [0.25, 0.3) is 10.9 Å². The predicted molar refractivity (Wildman–Crippen MR) is 98.2 cm³/mol. The van der Waals surface area contributed by atoms with Gasteiger partial charge in [-0.1, -0.05) is 29.8 Å². The van der Waals surface area contributed by atoms with Gasteiger partial charge in [-0.15, -0.1) is 0 Å². The smallest absolute Gasteiger partial charge is 0.324 e. The van der Waals surface area contributed by atoms with Crippen molar-refractivity contribution in [3.05, 3.63) is 74.4 Å². The fourth-order valence-corrected chi connectivity index (χ4v) is 2.92. The molecule has 1 N–H and O–H groups in total. The van der Waals surface area contributed by atoms with Crippen LogP contribution in [0.1, 0.15) is 6.92 Å². The lowest BCUT2D eigenvalue weighted by Gasteiger charge is -2.12. The molecule has 0 atom stereocenters. The third-order valence-corrected chi connectivity index (χ3v) is 4.09. The zero-order valence-corrected chi connectivity index (χ0v) is 14.3. The zero-order valence-electron chi connectivity index (χ0n) is 13.5. The lowest BCUT2D eigenvalue weighted by molar-refractivity contribution is -0.116. The first kappa shape index (κ1) is 17.0. The number of aromatic nitrogens is 2. The van der Waals surface area contributed by atoms with E-state index in [1.54, 1.807) is 48.5 Å². The molecule has 1 aromatic heterocycles. The number of amides is 1. The van der Waals surface area contributed by atoms with E-state index in [2.05, 4.69) is 5.32 Å². The molecule has 0 spiro atoms. The SMILES string of the molecule is CCn1c(=O)n(CC(=O)Nc2cccc(Cl)c2)c(=O)c2ccccc21. The maximum absolute atomic E-state index is 12.6. The van der Waals surface area contributed by atoms with Crippen LogP contribution in [0.2, 0.25) is 5.02 Å². The summed E-state index contributed by atoms with van der Waals surface area (Å²) in [6.07, 6.45) is 0. The first-order valence-corrected chi connectivity index (χ1v) is 8.17. The molecule has 3 aromatic rings. The Morgan fingerprint density at radius 3 is 2.56 bits per heavy atom. The van der Waals surface area contributed by atoms with Gasteiger partial charge in [0.15, 0.2) is 0 Å². The summed E-state index contributed by atoms with van der Waals surface area (Å²) in [6.45, 7) is 1.85. The summed E-state index contributed by atoms with van der Waals surface area (Å²) in [5, 5.41) is 3.52. The molecular weight excluding hydrogens is 342 g/mol. The number of carbonyl (C=O) groups is 1. The summed E-state index contributed by atoms with van der Waals surface area (Å²) in [5.41, 5.74) is 0.0765. The number of aryl methyl sites for hydroxylation is 1. The number of fused-ring (bicyclic) bond motifs is 1. The van der Waals surface area contributed by atoms with Crippen molar-refractivity contribution in [1.82, 2.24) is 9.13 Å². The lowest BCUT2D eigenvalue weighted by atomic mass is 10.2. The summed E-state index contributed by atoms with van der Waals surface area (Å²) in [5.74, 6) is -0.473. The van der Waals surface area contributed by atoms with E-state index in [0.29, 0.717) is 28.2 Å². The Kier molecular flexibility index (Phi) is 4.72.